The van der Waals surface area contributed by atoms with E-state index in [1.54, 1.807) is 12.1 Å². The van der Waals surface area contributed by atoms with Crippen molar-refractivity contribution in [3.05, 3.63) is 68.8 Å². The Balaban J connectivity index is 1.68. The van der Waals surface area contributed by atoms with Gasteiger partial charge in [0.05, 0.1) is 22.4 Å². The summed E-state index contributed by atoms with van der Waals surface area (Å²) in [5, 5.41) is 7.84. The molecule has 0 unspecified atom stereocenters. The van der Waals surface area contributed by atoms with E-state index in [4.69, 9.17) is 34.8 Å². The third-order valence-corrected chi connectivity index (χ3v) is 4.57. The molecule has 1 heterocycles. The molecule has 0 radical (unpaired) electrons. The number of fused-ring (bicyclic) bond motifs is 1. The second-order valence-corrected chi connectivity index (χ2v) is 7.04. The van der Waals surface area contributed by atoms with Gasteiger partial charge < -0.3 is 5.32 Å². The maximum absolute atomic E-state index is 12.0. The fourth-order valence-electron chi connectivity index (χ4n) is 2.34. The lowest BCUT2D eigenvalue weighted by Gasteiger charge is -2.06. The zero-order valence-corrected chi connectivity index (χ0v) is 16.7. The molecule has 0 fully saturated rings. The molecule has 3 rings (SSSR count). The first kappa shape index (κ1) is 20.1. The summed E-state index contributed by atoms with van der Waals surface area (Å²) in [6.45, 7) is 1.96. The highest BCUT2D eigenvalue weighted by Gasteiger charge is 2.15. The van der Waals surface area contributed by atoms with Crippen molar-refractivity contribution < 1.29 is 9.59 Å². The van der Waals surface area contributed by atoms with Gasteiger partial charge in [0, 0.05) is 16.0 Å². The van der Waals surface area contributed by atoms with Crippen molar-refractivity contribution in [2.75, 3.05) is 5.32 Å². The first-order chi connectivity index (χ1) is 13.3. The molecule has 6 nitrogen and oxygen atoms in total. The number of pyridine rings is 1. The van der Waals surface area contributed by atoms with Gasteiger partial charge in [0.15, 0.2) is 0 Å². The van der Waals surface area contributed by atoms with E-state index in [1.165, 1.54) is 18.3 Å². The lowest BCUT2D eigenvalue weighted by molar-refractivity contribution is -0.136. The summed E-state index contributed by atoms with van der Waals surface area (Å²) in [5.74, 6) is -1.92. The molecule has 2 amide bonds. The molecule has 0 saturated heterocycles. The Morgan fingerprint density at radius 1 is 1.04 bits per heavy atom. The number of anilines is 1. The molecule has 0 aliphatic carbocycles. The van der Waals surface area contributed by atoms with Gasteiger partial charge in [-0.3, -0.25) is 9.59 Å². The Morgan fingerprint density at radius 3 is 2.61 bits per heavy atom. The van der Waals surface area contributed by atoms with Gasteiger partial charge in [0.1, 0.15) is 5.15 Å². The SMILES string of the molecule is Cc1ccc2cc(C=NNC(=O)C(=O)Nc3cc(Cl)ccc3Cl)c(Cl)nc2c1. The number of carbonyl (C=O) groups is 2. The van der Waals surface area contributed by atoms with Crippen molar-refractivity contribution in [3.8, 4) is 0 Å². The fourth-order valence-corrected chi connectivity index (χ4v) is 2.88. The van der Waals surface area contributed by atoms with E-state index in [0.717, 1.165) is 16.5 Å². The number of hydrogen-bond donors (Lipinski definition) is 2. The van der Waals surface area contributed by atoms with Crippen LogP contribution in [0.5, 0.6) is 0 Å². The summed E-state index contributed by atoms with van der Waals surface area (Å²) in [4.78, 5) is 28.2. The summed E-state index contributed by atoms with van der Waals surface area (Å²) >= 11 is 17.9. The Bertz CT molecular complexity index is 1120. The molecule has 0 spiro atoms. The number of nitrogens with one attached hydrogen (secondary N) is 2. The number of hydrogen-bond acceptors (Lipinski definition) is 4. The third-order valence-electron chi connectivity index (χ3n) is 3.71. The molecule has 2 aromatic carbocycles. The van der Waals surface area contributed by atoms with Crippen LogP contribution in [0.15, 0.2) is 47.6 Å². The number of benzene rings is 2. The van der Waals surface area contributed by atoms with Crippen LogP contribution in [0.1, 0.15) is 11.1 Å². The number of nitrogens with zero attached hydrogens (tertiary/aromatic N) is 2. The molecule has 2 N–H and O–H groups in total. The number of amides is 2. The van der Waals surface area contributed by atoms with Gasteiger partial charge in [-0.05, 0) is 42.8 Å². The standard InChI is InChI=1S/C19H13Cl3N4O2/c1-10-2-3-11-7-12(17(22)24-15(11)6-10)9-23-26-19(28)18(27)25-16-8-13(20)4-5-14(16)21/h2-9H,1H3,(H,25,27)(H,26,28). The van der Waals surface area contributed by atoms with Crippen molar-refractivity contribution in [1.82, 2.24) is 10.4 Å². The van der Waals surface area contributed by atoms with Gasteiger partial charge in [0.25, 0.3) is 0 Å². The Morgan fingerprint density at radius 2 is 1.82 bits per heavy atom. The molecule has 28 heavy (non-hydrogen) atoms. The Kier molecular flexibility index (Phi) is 6.14. The molecule has 0 aliphatic rings. The maximum atomic E-state index is 12.0. The van der Waals surface area contributed by atoms with Crippen molar-refractivity contribution in [1.29, 1.82) is 0 Å². The largest absolute Gasteiger partial charge is 0.329 e. The summed E-state index contributed by atoms with van der Waals surface area (Å²) in [5.41, 5.74) is 4.66. The van der Waals surface area contributed by atoms with Crippen molar-refractivity contribution in [3.63, 3.8) is 0 Å². The van der Waals surface area contributed by atoms with Crippen LogP contribution in [0.3, 0.4) is 0 Å². The van der Waals surface area contributed by atoms with E-state index in [2.05, 4.69) is 20.8 Å². The van der Waals surface area contributed by atoms with E-state index in [0.29, 0.717) is 10.6 Å². The molecule has 142 valence electrons. The topological polar surface area (TPSA) is 83.5 Å². The quantitative estimate of drug-likeness (QED) is 0.273. The van der Waals surface area contributed by atoms with E-state index < -0.39 is 11.8 Å². The van der Waals surface area contributed by atoms with Crippen LogP contribution in [0.2, 0.25) is 15.2 Å². The normalized spacial score (nSPS) is 11.0. The number of rotatable bonds is 3. The average molecular weight is 436 g/mol. The fraction of sp³-hybridized carbons (Fsp3) is 0.0526. The van der Waals surface area contributed by atoms with Gasteiger partial charge in [-0.25, -0.2) is 10.4 Å². The highest BCUT2D eigenvalue weighted by molar-refractivity contribution is 6.42. The summed E-state index contributed by atoms with van der Waals surface area (Å²) in [7, 11) is 0. The molecule has 0 aliphatic heterocycles. The number of carbonyl (C=O) groups excluding carboxylic acids is 2. The van der Waals surface area contributed by atoms with E-state index in [1.807, 2.05) is 25.1 Å². The van der Waals surface area contributed by atoms with E-state index >= 15 is 0 Å². The minimum absolute atomic E-state index is 0.218. The van der Waals surface area contributed by atoms with E-state index in [9.17, 15) is 9.59 Å². The predicted octanol–water partition coefficient (Wildman–Crippen LogP) is 4.59. The number of aryl methyl sites for hydroxylation is 1. The Hall–Kier alpha value is -2.67. The molecule has 0 bridgehead atoms. The van der Waals surface area contributed by atoms with Gasteiger partial charge >= 0.3 is 11.8 Å². The van der Waals surface area contributed by atoms with Crippen LogP contribution < -0.4 is 10.7 Å². The minimum Gasteiger partial charge on any atom is -0.316 e. The maximum Gasteiger partial charge on any atom is 0.329 e. The molecule has 9 heteroatoms. The molecule has 1 aromatic heterocycles. The van der Waals surface area contributed by atoms with Gasteiger partial charge in [-0.2, -0.15) is 5.10 Å². The summed E-state index contributed by atoms with van der Waals surface area (Å²) in [6.07, 6.45) is 1.31. The Labute approximate surface area is 175 Å². The lowest BCUT2D eigenvalue weighted by Crippen LogP contribution is -2.32. The second-order valence-electron chi connectivity index (χ2n) is 5.84. The van der Waals surface area contributed by atoms with Crippen LogP contribution in [-0.4, -0.2) is 23.0 Å². The number of halogens is 3. The highest BCUT2D eigenvalue weighted by Crippen LogP contribution is 2.25. The molecule has 3 aromatic rings. The van der Waals surface area contributed by atoms with Crippen LogP contribution >= 0.6 is 34.8 Å². The zero-order chi connectivity index (χ0) is 20.3. The summed E-state index contributed by atoms with van der Waals surface area (Å²) in [6, 6.07) is 12.1. The highest BCUT2D eigenvalue weighted by atomic mass is 35.5. The van der Waals surface area contributed by atoms with Crippen molar-refractivity contribution >= 4 is 69.4 Å². The lowest BCUT2D eigenvalue weighted by atomic mass is 10.1. The van der Waals surface area contributed by atoms with Gasteiger partial charge in [-0.1, -0.05) is 46.9 Å². The van der Waals surface area contributed by atoms with E-state index in [-0.39, 0.29) is 15.9 Å². The van der Waals surface area contributed by atoms with Crippen LogP contribution in [0.25, 0.3) is 10.9 Å². The summed E-state index contributed by atoms with van der Waals surface area (Å²) < 4.78 is 0. The van der Waals surface area contributed by atoms with Gasteiger partial charge in [0.2, 0.25) is 0 Å². The van der Waals surface area contributed by atoms with Gasteiger partial charge in [-0.15, -0.1) is 0 Å². The molecule has 0 atom stereocenters. The molecular weight excluding hydrogens is 423 g/mol. The molecule has 0 saturated carbocycles. The monoisotopic (exact) mass is 434 g/mol. The molecular formula is C19H13Cl3N4O2. The van der Waals surface area contributed by atoms with Crippen molar-refractivity contribution in [2.45, 2.75) is 6.92 Å². The van der Waals surface area contributed by atoms with Crippen LogP contribution in [0, 0.1) is 6.92 Å². The third kappa shape index (κ3) is 4.78. The zero-order valence-electron chi connectivity index (χ0n) is 14.5. The number of hydrazone groups is 1. The minimum atomic E-state index is -0.979. The first-order valence-corrected chi connectivity index (χ1v) is 9.13. The van der Waals surface area contributed by atoms with Crippen molar-refractivity contribution in [2.24, 2.45) is 5.10 Å². The predicted molar refractivity (Wildman–Crippen MR) is 112 cm³/mol. The average Bonchev–Trinajstić information content (AvgIpc) is 2.65. The smallest absolute Gasteiger partial charge is 0.316 e. The van der Waals surface area contributed by atoms with Crippen LogP contribution in [0.4, 0.5) is 5.69 Å². The second kappa shape index (κ2) is 8.56. The first-order valence-electron chi connectivity index (χ1n) is 8.00. The van der Waals surface area contributed by atoms with Crippen LogP contribution in [-0.2, 0) is 9.59 Å². The number of aromatic nitrogens is 1.